The lowest BCUT2D eigenvalue weighted by molar-refractivity contribution is 0.0600. The summed E-state index contributed by atoms with van der Waals surface area (Å²) in [7, 11) is 1.33. The molecule has 0 radical (unpaired) electrons. The van der Waals surface area contributed by atoms with E-state index in [2.05, 4.69) is 29.8 Å². The van der Waals surface area contributed by atoms with Crippen LogP contribution in [-0.4, -0.2) is 73.1 Å². The first-order valence-corrected chi connectivity index (χ1v) is 8.88. The quantitative estimate of drug-likeness (QED) is 0.754. The highest BCUT2D eigenvalue weighted by molar-refractivity contribution is 5.96. The third-order valence-electron chi connectivity index (χ3n) is 4.49. The number of methoxy groups -OCH3 is 1. The van der Waals surface area contributed by atoms with Gasteiger partial charge in [-0.25, -0.2) is 14.8 Å². The molecule has 1 N–H and O–H groups in total. The molecule has 142 valence electrons. The first-order valence-electron chi connectivity index (χ1n) is 8.88. The molecule has 8 nitrogen and oxygen atoms in total. The predicted molar refractivity (Wildman–Crippen MR) is 101 cm³/mol. The second kappa shape index (κ2) is 9.09. The molecule has 1 aromatic heterocycles. The van der Waals surface area contributed by atoms with E-state index in [0.717, 1.165) is 38.7 Å². The molecule has 0 atom stereocenters. The summed E-state index contributed by atoms with van der Waals surface area (Å²) in [4.78, 5) is 36.6. The van der Waals surface area contributed by atoms with E-state index in [-0.39, 0.29) is 5.91 Å². The summed E-state index contributed by atoms with van der Waals surface area (Å²) < 4.78 is 4.65. The lowest BCUT2D eigenvalue weighted by atomic mass is 10.1. The van der Waals surface area contributed by atoms with Gasteiger partial charge in [-0.1, -0.05) is 0 Å². The fourth-order valence-corrected chi connectivity index (χ4v) is 2.93. The molecule has 0 saturated carbocycles. The number of carbonyl (C=O) groups is 2. The number of benzene rings is 1. The molecule has 1 fully saturated rings. The Morgan fingerprint density at radius 2 is 1.67 bits per heavy atom. The van der Waals surface area contributed by atoms with Gasteiger partial charge in [0, 0.05) is 57.2 Å². The number of rotatable bonds is 6. The standard InChI is InChI=1S/C19H23N5O3/c1-27-18(26)16-5-3-15(4-6-16)17(25)20-9-10-23-11-13-24(14-12-23)19-21-7-2-8-22-19/h2-8H,9-14H2,1H3,(H,20,25). The van der Waals surface area contributed by atoms with Crippen molar-refractivity contribution in [2.24, 2.45) is 0 Å². The van der Waals surface area contributed by atoms with E-state index >= 15 is 0 Å². The van der Waals surface area contributed by atoms with Crippen molar-refractivity contribution in [1.82, 2.24) is 20.2 Å². The molecule has 0 unspecified atom stereocenters. The molecule has 0 bridgehead atoms. The number of hydrogen-bond acceptors (Lipinski definition) is 7. The van der Waals surface area contributed by atoms with Crippen molar-refractivity contribution in [3.05, 3.63) is 53.9 Å². The second-order valence-corrected chi connectivity index (χ2v) is 6.20. The number of nitrogens with one attached hydrogen (secondary N) is 1. The summed E-state index contributed by atoms with van der Waals surface area (Å²) in [6, 6.07) is 8.24. The van der Waals surface area contributed by atoms with Gasteiger partial charge in [-0.3, -0.25) is 9.69 Å². The minimum absolute atomic E-state index is 0.150. The molecule has 1 saturated heterocycles. The maximum Gasteiger partial charge on any atom is 0.337 e. The van der Waals surface area contributed by atoms with E-state index in [0.29, 0.717) is 17.7 Å². The van der Waals surface area contributed by atoms with Gasteiger partial charge in [0.2, 0.25) is 5.95 Å². The minimum atomic E-state index is -0.415. The Balaban J connectivity index is 1.40. The molecule has 1 aliphatic heterocycles. The van der Waals surface area contributed by atoms with Crippen LogP contribution in [0.15, 0.2) is 42.7 Å². The average molecular weight is 369 g/mol. The molecule has 2 aromatic rings. The third kappa shape index (κ3) is 5.01. The van der Waals surface area contributed by atoms with Gasteiger partial charge in [-0.15, -0.1) is 0 Å². The number of amides is 1. The smallest absolute Gasteiger partial charge is 0.337 e. The van der Waals surface area contributed by atoms with Gasteiger partial charge in [-0.2, -0.15) is 0 Å². The van der Waals surface area contributed by atoms with Crippen LogP contribution in [0.3, 0.4) is 0 Å². The molecular formula is C19H23N5O3. The Bertz CT molecular complexity index is 759. The summed E-state index contributed by atoms with van der Waals surface area (Å²) in [5.74, 6) is 0.200. The fraction of sp³-hybridized carbons (Fsp3) is 0.368. The van der Waals surface area contributed by atoms with E-state index in [9.17, 15) is 9.59 Å². The zero-order valence-electron chi connectivity index (χ0n) is 15.3. The highest BCUT2D eigenvalue weighted by Gasteiger charge is 2.18. The van der Waals surface area contributed by atoms with Gasteiger partial charge >= 0.3 is 5.97 Å². The van der Waals surface area contributed by atoms with E-state index in [1.54, 1.807) is 36.7 Å². The van der Waals surface area contributed by atoms with Crippen molar-refractivity contribution < 1.29 is 14.3 Å². The highest BCUT2D eigenvalue weighted by atomic mass is 16.5. The molecule has 1 aromatic carbocycles. The third-order valence-corrected chi connectivity index (χ3v) is 4.49. The zero-order valence-corrected chi connectivity index (χ0v) is 15.3. The van der Waals surface area contributed by atoms with Crippen molar-refractivity contribution in [1.29, 1.82) is 0 Å². The Labute approximate surface area is 158 Å². The Morgan fingerprint density at radius 3 is 2.30 bits per heavy atom. The average Bonchev–Trinajstić information content (AvgIpc) is 2.74. The van der Waals surface area contributed by atoms with Crippen LogP contribution in [0, 0.1) is 0 Å². The number of piperazine rings is 1. The van der Waals surface area contributed by atoms with Crippen molar-refractivity contribution in [3.8, 4) is 0 Å². The van der Waals surface area contributed by atoms with Gasteiger partial charge in [0.15, 0.2) is 0 Å². The number of carbonyl (C=O) groups excluding carboxylic acids is 2. The molecule has 0 aliphatic carbocycles. The van der Waals surface area contributed by atoms with Crippen molar-refractivity contribution in [3.63, 3.8) is 0 Å². The number of nitrogens with zero attached hydrogens (tertiary/aromatic N) is 4. The molecule has 1 aliphatic rings. The van der Waals surface area contributed by atoms with Crippen molar-refractivity contribution in [2.45, 2.75) is 0 Å². The van der Waals surface area contributed by atoms with E-state index in [1.165, 1.54) is 7.11 Å². The fourth-order valence-electron chi connectivity index (χ4n) is 2.93. The summed E-state index contributed by atoms with van der Waals surface area (Å²) in [6.45, 7) is 4.90. The van der Waals surface area contributed by atoms with E-state index < -0.39 is 5.97 Å². The van der Waals surface area contributed by atoms with Crippen LogP contribution < -0.4 is 10.2 Å². The largest absolute Gasteiger partial charge is 0.465 e. The van der Waals surface area contributed by atoms with E-state index in [1.807, 2.05) is 6.07 Å². The predicted octanol–water partition coefficient (Wildman–Crippen LogP) is 0.815. The van der Waals surface area contributed by atoms with Gasteiger partial charge in [0.05, 0.1) is 12.7 Å². The molecule has 3 rings (SSSR count). The second-order valence-electron chi connectivity index (χ2n) is 6.20. The number of hydrogen-bond donors (Lipinski definition) is 1. The molecule has 27 heavy (non-hydrogen) atoms. The minimum Gasteiger partial charge on any atom is -0.465 e. The Hall–Kier alpha value is -3.00. The van der Waals surface area contributed by atoms with Crippen LogP contribution in [0.4, 0.5) is 5.95 Å². The van der Waals surface area contributed by atoms with Crippen LogP contribution in [-0.2, 0) is 4.74 Å². The number of aromatic nitrogens is 2. The van der Waals surface area contributed by atoms with Crippen molar-refractivity contribution in [2.75, 3.05) is 51.3 Å². The monoisotopic (exact) mass is 369 g/mol. The van der Waals surface area contributed by atoms with Gasteiger partial charge in [-0.05, 0) is 30.3 Å². The van der Waals surface area contributed by atoms with Crippen LogP contribution in [0.25, 0.3) is 0 Å². The topological polar surface area (TPSA) is 87.7 Å². The summed E-state index contributed by atoms with van der Waals surface area (Å²) in [5.41, 5.74) is 0.947. The zero-order chi connectivity index (χ0) is 19.1. The van der Waals surface area contributed by atoms with Crippen molar-refractivity contribution >= 4 is 17.8 Å². The molecular weight excluding hydrogens is 346 g/mol. The Kier molecular flexibility index (Phi) is 6.32. The lowest BCUT2D eigenvalue weighted by Gasteiger charge is -2.34. The first-order chi connectivity index (χ1) is 13.2. The summed E-state index contributed by atoms with van der Waals surface area (Å²) in [6.07, 6.45) is 3.50. The van der Waals surface area contributed by atoms with Gasteiger partial charge in [0.25, 0.3) is 5.91 Å². The molecule has 8 heteroatoms. The lowest BCUT2D eigenvalue weighted by Crippen LogP contribution is -2.49. The van der Waals surface area contributed by atoms with Crippen LogP contribution in [0.5, 0.6) is 0 Å². The first kappa shape index (κ1) is 18.8. The van der Waals surface area contributed by atoms with Crippen LogP contribution >= 0.6 is 0 Å². The maximum absolute atomic E-state index is 12.2. The van der Waals surface area contributed by atoms with Crippen LogP contribution in [0.2, 0.25) is 0 Å². The SMILES string of the molecule is COC(=O)c1ccc(C(=O)NCCN2CCN(c3ncccn3)CC2)cc1. The highest BCUT2D eigenvalue weighted by Crippen LogP contribution is 2.09. The molecule has 1 amide bonds. The van der Waals surface area contributed by atoms with Gasteiger partial charge < -0.3 is 15.0 Å². The normalized spacial score (nSPS) is 14.6. The molecule has 0 spiro atoms. The Morgan fingerprint density at radius 1 is 1.04 bits per heavy atom. The summed E-state index contributed by atoms with van der Waals surface area (Å²) in [5, 5.41) is 2.92. The number of anilines is 1. The number of esters is 1. The molecule has 2 heterocycles. The maximum atomic E-state index is 12.2. The van der Waals surface area contributed by atoms with Crippen LogP contribution in [0.1, 0.15) is 20.7 Å². The summed E-state index contributed by atoms with van der Waals surface area (Å²) >= 11 is 0. The van der Waals surface area contributed by atoms with Gasteiger partial charge in [0.1, 0.15) is 0 Å². The number of ether oxygens (including phenoxy) is 1. The van der Waals surface area contributed by atoms with E-state index in [4.69, 9.17) is 0 Å².